The summed E-state index contributed by atoms with van der Waals surface area (Å²) < 4.78 is 5.91. The number of carbonyl (C=O) groups is 1. The van der Waals surface area contributed by atoms with Crippen LogP contribution in [-0.2, 0) is 6.54 Å². The SMILES string of the molecule is O=C1NCc2ccc(OC3CCNCC3)cc21. The Hall–Kier alpha value is -1.55. The van der Waals surface area contributed by atoms with E-state index in [1.807, 2.05) is 18.2 Å². The maximum atomic E-state index is 11.5. The zero-order valence-corrected chi connectivity index (χ0v) is 9.66. The van der Waals surface area contributed by atoms with Crippen LogP contribution in [-0.4, -0.2) is 25.1 Å². The summed E-state index contributed by atoms with van der Waals surface area (Å²) in [6.45, 7) is 2.66. The summed E-state index contributed by atoms with van der Waals surface area (Å²) >= 11 is 0. The molecule has 1 amide bonds. The quantitative estimate of drug-likeness (QED) is 0.801. The summed E-state index contributed by atoms with van der Waals surface area (Å²) in [7, 11) is 0. The van der Waals surface area contributed by atoms with E-state index in [2.05, 4.69) is 10.6 Å². The van der Waals surface area contributed by atoms with Crippen molar-refractivity contribution in [3.63, 3.8) is 0 Å². The average molecular weight is 232 g/mol. The van der Waals surface area contributed by atoms with Crippen molar-refractivity contribution >= 4 is 5.91 Å². The van der Waals surface area contributed by atoms with Gasteiger partial charge in [-0.15, -0.1) is 0 Å². The van der Waals surface area contributed by atoms with Crippen LogP contribution in [0.2, 0.25) is 0 Å². The lowest BCUT2D eigenvalue weighted by Gasteiger charge is -2.23. The number of carbonyl (C=O) groups excluding carboxylic acids is 1. The molecule has 0 atom stereocenters. The van der Waals surface area contributed by atoms with E-state index >= 15 is 0 Å². The van der Waals surface area contributed by atoms with E-state index in [0.29, 0.717) is 6.54 Å². The van der Waals surface area contributed by atoms with Gasteiger partial charge >= 0.3 is 0 Å². The Balaban J connectivity index is 1.75. The molecule has 1 aromatic carbocycles. The lowest BCUT2D eigenvalue weighted by atomic mass is 10.1. The van der Waals surface area contributed by atoms with Gasteiger partial charge in [-0.3, -0.25) is 4.79 Å². The number of hydrogen-bond donors (Lipinski definition) is 2. The number of piperidine rings is 1. The van der Waals surface area contributed by atoms with Crippen molar-refractivity contribution in [2.24, 2.45) is 0 Å². The highest BCUT2D eigenvalue weighted by atomic mass is 16.5. The maximum absolute atomic E-state index is 11.5. The minimum Gasteiger partial charge on any atom is -0.490 e. The van der Waals surface area contributed by atoms with Gasteiger partial charge in [0.2, 0.25) is 0 Å². The molecule has 0 aliphatic carbocycles. The lowest BCUT2D eigenvalue weighted by molar-refractivity contribution is 0.0964. The number of hydrogen-bond acceptors (Lipinski definition) is 3. The highest BCUT2D eigenvalue weighted by molar-refractivity contribution is 5.98. The fraction of sp³-hybridized carbons (Fsp3) is 0.462. The van der Waals surface area contributed by atoms with E-state index in [-0.39, 0.29) is 12.0 Å². The zero-order valence-electron chi connectivity index (χ0n) is 9.66. The minimum atomic E-state index is 0.00996. The fourth-order valence-corrected chi connectivity index (χ4v) is 2.37. The molecule has 1 saturated heterocycles. The highest BCUT2D eigenvalue weighted by Gasteiger charge is 2.20. The van der Waals surface area contributed by atoms with E-state index in [9.17, 15) is 4.79 Å². The third-order valence-corrected chi connectivity index (χ3v) is 3.35. The lowest BCUT2D eigenvalue weighted by Crippen LogP contribution is -2.34. The molecule has 17 heavy (non-hydrogen) atoms. The summed E-state index contributed by atoms with van der Waals surface area (Å²) in [6, 6.07) is 5.80. The normalized spacial score (nSPS) is 19.9. The summed E-state index contributed by atoms with van der Waals surface area (Å²) in [5.74, 6) is 0.823. The molecule has 0 radical (unpaired) electrons. The third-order valence-electron chi connectivity index (χ3n) is 3.35. The molecule has 0 bridgehead atoms. The topological polar surface area (TPSA) is 50.4 Å². The summed E-state index contributed by atoms with van der Waals surface area (Å²) in [4.78, 5) is 11.5. The Morgan fingerprint density at radius 2 is 2.06 bits per heavy atom. The van der Waals surface area contributed by atoms with Crippen LogP contribution in [0.3, 0.4) is 0 Å². The first kappa shape index (κ1) is 10.6. The van der Waals surface area contributed by atoms with Crippen LogP contribution in [0.15, 0.2) is 18.2 Å². The van der Waals surface area contributed by atoms with Crippen molar-refractivity contribution in [3.8, 4) is 5.75 Å². The molecule has 1 fully saturated rings. The minimum absolute atomic E-state index is 0.00996. The summed E-state index contributed by atoms with van der Waals surface area (Å²) in [5, 5.41) is 6.12. The summed E-state index contributed by atoms with van der Waals surface area (Å²) in [6.07, 6.45) is 2.34. The smallest absolute Gasteiger partial charge is 0.252 e. The van der Waals surface area contributed by atoms with E-state index < -0.39 is 0 Å². The van der Waals surface area contributed by atoms with Crippen LogP contribution in [0.1, 0.15) is 28.8 Å². The molecular weight excluding hydrogens is 216 g/mol. The second-order valence-electron chi connectivity index (χ2n) is 4.57. The van der Waals surface area contributed by atoms with Gasteiger partial charge in [-0.25, -0.2) is 0 Å². The molecule has 2 heterocycles. The number of rotatable bonds is 2. The summed E-state index contributed by atoms with van der Waals surface area (Å²) in [5.41, 5.74) is 1.82. The van der Waals surface area contributed by atoms with Crippen LogP contribution in [0.4, 0.5) is 0 Å². The second kappa shape index (κ2) is 4.37. The van der Waals surface area contributed by atoms with Gasteiger partial charge in [0.05, 0.1) is 0 Å². The molecule has 4 nitrogen and oxygen atoms in total. The largest absolute Gasteiger partial charge is 0.490 e. The predicted octanol–water partition coefficient (Wildman–Crippen LogP) is 1.06. The van der Waals surface area contributed by atoms with Crippen LogP contribution in [0, 0.1) is 0 Å². The van der Waals surface area contributed by atoms with E-state index in [0.717, 1.165) is 42.8 Å². The predicted molar refractivity (Wildman–Crippen MR) is 64.1 cm³/mol. The van der Waals surface area contributed by atoms with Gasteiger partial charge in [-0.05, 0) is 43.6 Å². The van der Waals surface area contributed by atoms with E-state index in [1.54, 1.807) is 0 Å². The molecule has 3 rings (SSSR count). The number of amides is 1. The first-order chi connectivity index (χ1) is 8.33. The molecule has 0 unspecified atom stereocenters. The molecule has 2 aliphatic heterocycles. The van der Waals surface area contributed by atoms with Crippen LogP contribution in [0.25, 0.3) is 0 Å². The van der Waals surface area contributed by atoms with Crippen molar-refractivity contribution < 1.29 is 9.53 Å². The Kier molecular flexibility index (Phi) is 2.73. The Bertz CT molecular complexity index is 439. The first-order valence-electron chi connectivity index (χ1n) is 6.11. The van der Waals surface area contributed by atoms with Crippen molar-refractivity contribution in [1.29, 1.82) is 0 Å². The zero-order chi connectivity index (χ0) is 11.7. The first-order valence-corrected chi connectivity index (χ1v) is 6.11. The van der Waals surface area contributed by atoms with Gasteiger partial charge in [-0.1, -0.05) is 6.07 Å². The molecule has 2 N–H and O–H groups in total. The molecule has 2 aliphatic rings. The number of benzene rings is 1. The highest BCUT2D eigenvalue weighted by Crippen LogP contribution is 2.23. The third kappa shape index (κ3) is 2.13. The van der Waals surface area contributed by atoms with Gasteiger partial charge in [-0.2, -0.15) is 0 Å². The van der Waals surface area contributed by atoms with Crippen molar-refractivity contribution in [2.75, 3.05) is 13.1 Å². The molecule has 0 spiro atoms. The number of fused-ring (bicyclic) bond motifs is 1. The Morgan fingerprint density at radius 1 is 1.24 bits per heavy atom. The Morgan fingerprint density at radius 3 is 2.88 bits per heavy atom. The molecular formula is C13H16N2O2. The molecule has 4 heteroatoms. The van der Waals surface area contributed by atoms with Crippen molar-refractivity contribution in [2.45, 2.75) is 25.5 Å². The average Bonchev–Trinajstić information content (AvgIpc) is 2.73. The van der Waals surface area contributed by atoms with Gasteiger partial charge in [0.25, 0.3) is 5.91 Å². The number of nitrogens with one attached hydrogen (secondary N) is 2. The molecule has 1 aromatic rings. The van der Waals surface area contributed by atoms with E-state index in [4.69, 9.17) is 4.74 Å². The van der Waals surface area contributed by atoms with Gasteiger partial charge in [0.1, 0.15) is 11.9 Å². The molecule has 0 saturated carbocycles. The van der Waals surface area contributed by atoms with Gasteiger partial charge < -0.3 is 15.4 Å². The maximum Gasteiger partial charge on any atom is 0.252 e. The van der Waals surface area contributed by atoms with Crippen molar-refractivity contribution in [1.82, 2.24) is 10.6 Å². The van der Waals surface area contributed by atoms with Gasteiger partial charge in [0.15, 0.2) is 0 Å². The second-order valence-corrected chi connectivity index (χ2v) is 4.57. The standard InChI is InChI=1S/C13H16N2O2/c16-13-12-7-11(2-1-9(12)8-15-13)17-10-3-5-14-6-4-10/h1-2,7,10,14H,3-6,8H2,(H,15,16). The van der Waals surface area contributed by atoms with E-state index in [1.165, 1.54) is 0 Å². The van der Waals surface area contributed by atoms with Crippen LogP contribution < -0.4 is 15.4 Å². The van der Waals surface area contributed by atoms with Crippen molar-refractivity contribution in [3.05, 3.63) is 29.3 Å². The molecule has 0 aromatic heterocycles. The van der Waals surface area contributed by atoms with Crippen LogP contribution in [0.5, 0.6) is 5.75 Å². The molecule has 90 valence electrons. The fourth-order valence-electron chi connectivity index (χ4n) is 2.37. The van der Waals surface area contributed by atoms with Gasteiger partial charge in [0, 0.05) is 12.1 Å². The van der Waals surface area contributed by atoms with Crippen LogP contribution >= 0.6 is 0 Å². The monoisotopic (exact) mass is 232 g/mol. The number of ether oxygens (including phenoxy) is 1. The Labute approximate surface area is 100 Å².